The van der Waals surface area contributed by atoms with Crippen LogP contribution in [0.5, 0.6) is 0 Å². The van der Waals surface area contributed by atoms with Gasteiger partial charge < -0.3 is 0 Å². The van der Waals surface area contributed by atoms with Gasteiger partial charge in [-0.1, -0.05) is 0 Å². The molecule has 0 spiro atoms. The molecule has 2 aromatic rings. The molecule has 2 rings (SSSR count). The van der Waals surface area contributed by atoms with Crippen molar-refractivity contribution in [3.8, 4) is 0 Å². The van der Waals surface area contributed by atoms with Gasteiger partial charge in [-0.05, 0) is 0 Å². The Bertz CT molecular complexity index is 468. The van der Waals surface area contributed by atoms with Gasteiger partial charge in [0.05, 0.1) is 0 Å². The molecule has 1 radical (unpaired) electrons. The van der Waals surface area contributed by atoms with Crippen molar-refractivity contribution in [2.75, 3.05) is 0 Å². The number of fused-ring (bicyclic) bond motifs is 1. The predicted molar refractivity (Wildman–Crippen MR) is 60.0 cm³/mol. The monoisotopic (exact) mass is 311 g/mol. The van der Waals surface area contributed by atoms with E-state index in [0.717, 1.165) is 5.39 Å². The van der Waals surface area contributed by atoms with E-state index < -0.39 is 0 Å². The van der Waals surface area contributed by atoms with Crippen molar-refractivity contribution >= 4 is 66.3 Å². The van der Waals surface area contributed by atoms with Crippen LogP contribution in [0.15, 0.2) is 12.1 Å². The average molecular weight is 311 g/mol. The fraction of sp³-hybridized carbons (Fsp3) is 0. The molecular weight excluding hydrogens is 309 g/mol. The van der Waals surface area contributed by atoms with Crippen molar-refractivity contribution in [1.82, 2.24) is 9.97 Å². The van der Waals surface area contributed by atoms with Gasteiger partial charge in [-0.25, -0.2) is 0 Å². The Morgan fingerprint density at radius 3 is 2.50 bits per heavy atom. The second-order valence-corrected chi connectivity index (χ2v) is 4.57. The Kier molecular flexibility index (Phi) is 2.87. The zero-order valence-electron chi connectivity index (χ0n) is 6.59. The Labute approximate surface area is 103 Å². The minimum absolute atomic E-state index is 0.162. The summed E-state index contributed by atoms with van der Waals surface area (Å²) < 4.78 is 0.643. The van der Waals surface area contributed by atoms with Crippen LogP contribution in [0, 0.1) is 0 Å². The van der Waals surface area contributed by atoms with E-state index in [4.69, 9.17) is 34.8 Å². The van der Waals surface area contributed by atoms with Gasteiger partial charge >= 0.3 is 104 Å². The molecule has 0 bridgehead atoms. The van der Waals surface area contributed by atoms with Crippen LogP contribution in [-0.4, -0.2) is 26.0 Å². The van der Waals surface area contributed by atoms with Gasteiger partial charge in [0.25, 0.3) is 0 Å². The topological polar surface area (TPSA) is 25.8 Å². The molecule has 0 N–H and O–H groups in total. The van der Waals surface area contributed by atoms with E-state index in [0.29, 0.717) is 20.2 Å². The van der Waals surface area contributed by atoms with Gasteiger partial charge in [-0.2, -0.15) is 0 Å². The van der Waals surface area contributed by atoms with Crippen LogP contribution in [0.3, 0.4) is 0 Å². The normalized spacial score (nSPS) is 10.8. The maximum absolute atomic E-state index is 5.96. The molecule has 2 nitrogen and oxygen atoms in total. The van der Waals surface area contributed by atoms with Gasteiger partial charge in [0, 0.05) is 0 Å². The zero-order valence-corrected chi connectivity index (χ0v) is 10.6. The first kappa shape index (κ1) is 10.5. The number of hydrogen-bond acceptors (Lipinski definition) is 2. The van der Waals surface area contributed by atoms with Gasteiger partial charge in [-0.15, -0.1) is 0 Å². The van der Waals surface area contributed by atoms with Crippen LogP contribution in [0.4, 0.5) is 0 Å². The molecule has 1 aromatic carbocycles. The SMILES string of the molecule is Clc1cc(Cl)c2nc(Cl)nc([Se])c2c1. The van der Waals surface area contributed by atoms with Crippen LogP contribution < -0.4 is 4.59 Å². The number of halogens is 3. The summed E-state index contributed by atoms with van der Waals surface area (Å²) in [5.74, 6) is 0. The number of rotatable bonds is 0. The van der Waals surface area contributed by atoms with E-state index in [-0.39, 0.29) is 5.28 Å². The maximum atomic E-state index is 5.96. The number of hydrogen-bond donors (Lipinski definition) is 0. The average Bonchev–Trinajstić information content (AvgIpc) is 2.07. The van der Waals surface area contributed by atoms with Crippen LogP contribution in [-0.2, 0) is 0 Å². The summed E-state index contributed by atoms with van der Waals surface area (Å²) in [6, 6.07) is 3.36. The van der Waals surface area contributed by atoms with Gasteiger partial charge in [0.15, 0.2) is 0 Å². The molecule has 0 unspecified atom stereocenters. The Hall–Kier alpha value is -0.0505. The van der Waals surface area contributed by atoms with Crippen molar-refractivity contribution in [3.05, 3.63) is 27.5 Å². The van der Waals surface area contributed by atoms with E-state index in [1.54, 1.807) is 12.1 Å². The van der Waals surface area contributed by atoms with Crippen LogP contribution in [0.25, 0.3) is 10.9 Å². The van der Waals surface area contributed by atoms with Crippen LogP contribution in [0.2, 0.25) is 15.3 Å². The van der Waals surface area contributed by atoms with E-state index in [1.807, 2.05) is 0 Å². The third-order valence-corrected chi connectivity index (χ3v) is 2.98. The molecule has 0 saturated heterocycles. The van der Waals surface area contributed by atoms with E-state index in [1.165, 1.54) is 0 Å². The first-order valence-electron chi connectivity index (χ1n) is 3.57. The van der Waals surface area contributed by atoms with E-state index >= 15 is 0 Å². The summed E-state index contributed by atoms with van der Waals surface area (Å²) >= 11 is 20.3. The first-order valence-corrected chi connectivity index (χ1v) is 5.56. The summed E-state index contributed by atoms with van der Waals surface area (Å²) in [5.41, 5.74) is 0.602. The van der Waals surface area contributed by atoms with Crippen molar-refractivity contribution in [2.24, 2.45) is 0 Å². The molecule has 0 atom stereocenters. The second-order valence-electron chi connectivity index (χ2n) is 2.58. The molecule has 0 aliphatic heterocycles. The quantitative estimate of drug-likeness (QED) is 0.551. The molecule has 6 heteroatoms. The minimum atomic E-state index is 0.162. The molecule has 0 saturated carbocycles. The molecule has 0 aliphatic rings. The summed E-state index contributed by atoms with van der Waals surface area (Å²) in [5, 5.41) is 1.94. The molecule has 71 valence electrons. The molecule has 0 amide bonds. The Morgan fingerprint density at radius 1 is 1.07 bits per heavy atom. The van der Waals surface area contributed by atoms with Crippen molar-refractivity contribution in [3.63, 3.8) is 0 Å². The van der Waals surface area contributed by atoms with Crippen LogP contribution >= 0.6 is 34.8 Å². The summed E-state index contributed by atoms with van der Waals surface area (Å²) in [4.78, 5) is 7.99. The molecule has 14 heavy (non-hydrogen) atoms. The third-order valence-electron chi connectivity index (χ3n) is 1.66. The van der Waals surface area contributed by atoms with Gasteiger partial charge in [0.2, 0.25) is 0 Å². The van der Waals surface area contributed by atoms with Gasteiger partial charge in [0.1, 0.15) is 0 Å². The summed E-state index contributed by atoms with van der Waals surface area (Å²) in [6.45, 7) is 0. The molecule has 1 heterocycles. The number of benzene rings is 1. The van der Waals surface area contributed by atoms with Crippen molar-refractivity contribution in [2.45, 2.75) is 0 Å². The van der Waals surface area contributed by atoms with E-state index in [2.05, 4.69) is 26.0 Å². The standard InChI is InChI=1S/C8H2Cl3N2Se/c9-3-1-4-6(5(10)2-3)12-8(11)13-7(4)14/h1-2H. The Balaban J connectivity index is 2.94. The zero-order chi connectivity index (χ0) is 10.3. The summed E-state index contributed by atoms with van der Waals surface area (Å²) in [7, 11) is 0. The van der Waals surface area contributed by atoms with Crippen LogP contribution in [0.1, 0.15) is 0 Å². The number of nitrogens with zero attached hydrogens (tertiary/aromatic N) is 2. The van der Waals surface area contributed by atoms with E-state index in [9.17, 15) is 0 Å². The fourth-order valence-electron chi connectivity index (χ4n) is 1.10. The number of aromatic nitrogens is 2. The fourth-order valence-corrected chi connectivity index (χ4v) is 2.43. The molecule has 1 aromatic heterocycles. The van der Waals surface area contributed by atoms with Crippen molar-refractivity contribution in [1.29, 1.82) is 0 Å². The Morgan fingerprint density at radius 2 is 1.79 bits per heavy atom. The molecular formula is C8H2Cl3N2Se. The molecule has 0 fully saturated rings. The first-order chi connectivity index (χ1) is 6.58. The summed E-state index contributed by atoms with van der Waals surface area (Å²) in [6.07, 6.45) is 0. The molecule has 0 aliphatic carbocycles. The van der Waals surface area contributed by atoms with Gasteiger partial charge in [-0.3, -0.25) is 0 Å². The second kappa shape index (κ2) is 3.84. The van der Waals surface area contributed by atoms with Crippen molar-refractivity contribution < 1.29 is 0 Å². The predicted octanol–water partition coefficient (Wildman–Crippen LogP) is 2.38. The third kappa shape index (κ3) is 1.83.